The Balaban J connectivity index is 1.67. The summed E-state index contributed by atoms with van der Waals surface area (Å²) < 4.78 is 0.922. The quantitative estimate of drug-likeness (QED) is 0.110. The molecule has 14 heteroatoms. The number of anilines is 1. The van der Waals surface area contributed by atoms with Crippen LogP contribution < -0.4 is 5.32 Å². The summed E-state index contributed by atoms with van der Waals surface area (Å²) in [5, 5.41) is 40.7. The monoisotopic (exact) mass is 716 g/mol. The highest BCUT2D eigenvalue weighted by molar-refractivity contribution is 9.10. The van der Waals surface area contributed by atoms with Gasteiger partial charge in [-0.2, -0.15) is 5.10 Å². The third-order valence-corrected chi connectivity index (χ3v) is 9.14. The molecule has 1 aromatic heterocycles. The van der Waals surface area contributed by atoms with E-state index in [4.69, 9.17) is 4.84 Å². The summed E-state index contributed by atoms with van der Waals surface area (Å²) >= 11 is 6.67. The van der Waals surface area contributed by atoms with Crippen molar-refractivity contribution in [2.24, 2.45) is 10.6 Å². The van der Waals surface area contributed by atoms with Crippen molar-refractivity contribution < 1.29 is 19.5 Å². The van der Waals surface area contributed by atoms with E-state index in [0.29, 0.717) is 36.7 Å². The summed E-state index contributed by atoms with van der Waals surface area (Å²) in [4.78, 5) is 44.1. The number of oxime groups is 1. The number of nitrogens with one attached hydrogen (secondary N) is 2. The van der Waals surface area contributed by atoms with Gasteiger partial charge in [-0.3, -0.25) is 25.3 Å². The fourth-order valence-corrected chi connectivity index (χ4v) is 7.12. The minimum atomic E-state index is -1.87. The van der Waals surface area contributed by atoms with Crippen LogP contribution in [0.5, 0.6) is 0 Å². The number of carbonyl (C=O) groups excluding carboxylic acids is 1. The van der Waals surface area contributed by atoms with Crippen LogP contribution in [0.2, 0.25) is 0 Å². The molecule has 218 valence electrons. The predicted molar refractivity (Wildman–Crippen MR) is 167 cm³/mol. The molecule has 3 heterocycles. The number of benzene rings is 4. The Morgan fingerprint density at radius 2 is 1.52 bits per heavy atom. The summed E-state index contributed by atoms with van der Waals surface area (Å²) in [6.45, 7) is 0. The Morgan fingerprint density at radius 3 is 2.20 bits per heavy atom. The van der Waals surface area contributed by atoms with Crippen LogP contribution in [0.3, 0.4) is 0 Å². The van der Waals surface area contributed by atoms with Gasteiger partial charge in [0.2, 0.25) is 0 Å². The summed E-state index contributed by atoms with van der Waals surface area (Å²) in [7, 11) is 0. The van der Waals surface area contributed by atoms with Crippen LogP contribution >= 0.6 is 31.9 Å². The first-order chi connectivity index (χ1) is 21.2. The van der Waals surface area contributed by atoms with Gasteiger partial charge in [0.25, 0.3) is 11.4 Å². The number of fused-ring (bicyclic) bond motifs is 3. The molecule has 0 aliphatic carbocycles. The molecule has 0 fully saturated rings. The molecular weight excluding hydrogens is 700 g/mol. The molecule has 7 rings (SSSR count). The second kappa shape index (κ2) is 10.3. The molecule has 0 saturated heterocycles. The van der Waals surface area contributed by atoms with Crippen LogP contribution in [-0.2, 0) is 9.63 Å². The Kier molecular flexibility index (Phi) is 6.55. The number of nitro benzene ring substituents is 2. The van der Waals surface area contributed by atoms with Gasteiger partial charge in [0.15, 0.2) is 5.41 Å². The first-order valence-corrected chi connectivity index (χ1v) is 14.8. The molecule has 12 nitrogen and oxygen atoms in total. The Labute approximate surface area is 264 Å². The van der Waals surface area contributed by atoms with Crippen LogP contribution in [0.15, 0.2) is 99.2 Å². The molecule has 0 bridgehead atoms. The lowest BCUT2D eigenvalue weighted by Gasteiger charge is -2.46. The molecular formula is C30H18Br2N6O6. The van der Waals surface area contributed by atoms with Crippen molar-refractivity contribution in [1.82, 2.24) is 10.2 Å². The van der Waals surface area contributed by atoms with Crippen molar-refractivity contribution >= 4 is 71.5 Å². The fraction of sp³-hybridized carbons (Fsp3) is 0.100. The molecule has 1 spiro atoms. The summed E-state index contributed by atoms with van der Waals surface area (Å²) in [6, 6.07) is 20.4. The van der Waals surface area contributed by atoms with Gasteiger partial charge in [0.1, 0.15) is 5.71 Å². The number of aromatic amines is 1. The molecule has 44 heavy (non-hydrogen) atoms. The molecule has 5 aromatic rings. The lowest BCUT2D eigenvalue weighted by molar-refractivity contribution is -0.386. The van der Waals surface area contributed by atoms with Gasteiger partial charge in [0.05, 0.1) is 33.2 Å². The largest absolute Gasteiger partial charge is 0.376 e. The molecule has 4 aromatic carbocycles. The van der Waals surface area contributed by atoms with Crippen LogP contribution in [0.25, 0.3) is 10.9 Å². The van der Waals surface area contributed by atoms with E-state index in [1.807, 2.05) is 6.07 Å². The van der Waals surface area contributed by atoms with Crippen LogP contribution in [0.1, 0.15) is 34.2 Å². The third kappa shape index (κ3) is 4.05. The highest BCUT2D eigenvalue weighted by Crippen LogP contribution is 2.62. The number of hydrogen-bond acceptors (Lipinski definition) is 9. The minimum absolute atomic E-state index is 0.167. The van der Waals surface area contributed by atoms with Crippen molar-refractivity contribution in [2.45, 2.75) is 12.0 Å². The van der Waals surface area contributed by atoms with E-state index in [1.165, 1.54) is 12.1 Å². The van der Waals surface area contributed by atoms with E-state index in [0.717, 1.165) is 0 Å². The van der Waals surface area contributed by atoms with E-state index < -0.39 is 33.2 Å². The summed E-state index contributed by atoms with van der Waals surface area (Å²) in [5.41, 5.74) is 0.182. The fourth-order valence-electron chi connectivity index (χ4n) is 6.42. The van der Waals surface area contributed by atoms with Gasteiger partial charge in [-0.15, -0.1) is 0 Å². The minimum Gasteiger partial charge on any atom is -0.376 e. The normalized spacial score (nSPS) is 20.6. The maximum absolute atomic E-state index is 14.5. The number of halogens is 2. The molecule has 0 saturated carbocycles. The first kappa shape index (κ1) is 27.9. The number of H-pyrrole nitrogens is 1. The molecule has 2 N–H and O–H groups in total. The molecule has 3 atom stereocenters. The molecule has 0 radical (unpaired) electrons. The number of aromatic nitrogens is 2. The number of rotatable bonds is 5. The van der Waals surface area contributed by atoms with Crippen molar-refractivity contribution in [3.63, 3.8) is 0 Å². The number of nitrogens with zero attached hydrogens (tertiary/aromatic N) is 4. The van der Waals surface area contributed by atoms with Gasteiger partial charge in [-0.25, -0.2) is 4.79 Å². The number of carbonyl (C=O) groups is 1. The number of hydrogen-bond donors (Lipinski definition) is 2. The van der Waals surface area contributed by atoms with Crippen molar-refractivity contribution in [3.8, 4) is 0 Å². The van der Waals surface area contributed by atoms with E-state index in [9.17, 15) is 25.0 Å². The van der Waals surface area contributed by atoms with E-state index >= 15 is 0 Å². The molecule has 0 amide bonds. The standard InChI is InChI=1S/C30H18Br2N6O6/c31-17-7-9-19(22(12-17)37(40)41)25-24-21(11-6-16-14-33-35-26(16)24)34-28(20-10-8-18(32)13-23(20)38(42)43)30(25)27(36-44-29(30)39)15-4-2-1-3-5-15/h1-14,25,28,34H,(H,33,35)/t25-,28-,30+/m0/s1. The van der Waals surface area contributed by atoms with Gasteiger partial charge in [-0.1, -0.05) is 73.4 Å². The smallest absolute Gasteiger partial charge is 0.350 e. The Bertz CT molecular complexity index is 2070. The first-order valence-electron chi connectivity index (χ1n) is 13.2. The average molecular weight is 718 g/mol. The van der Waals surface area contributed by atoms with Crippen molar-refractivity contribution in [1.29, 1.82) is 0 Å². The molecule has 2 aliphatic rings. The average Bonchev–Trinajstić information content (AvgIpc) is 3.63. The van der Waals surface area contributed by atoms with Gasteiger partial charge >= 0.3 is 5.97 Å². The van der Waals surface area contributed by atoms with E-state index in [2.05, 4.69) is 52.5 Å². The summed E-state index contributed by atoms with van der Waals surface area (Å²) in [6.07, 6.45) is 1.61. The van der Waals surface area contributed by atoms with Gasteiger partial charge < -0.3 is 10.2 Å². The van der Waals surface area contributed by atoms with Crippen LogP contribution in [-0.4, -0.2) is 31.7 Å². The second-order valence-electron chi connectivity index (χ2n) is 10.3. The Hall–Kier alpha value is -4.95. The van der Waals surface area contributed by atoms with Crippen LogP contribution in [0, 0.1) is 25.6 Å². The summed E-state index contributed by atoms with van der Waals surface area (Å²) in [5.74, 6) is -1.95. The third-order valence-electron chi connectivity index (χ3n) is 8.15. The molecule has 2 aliphatic heterocycles. The zero-order valence-corrected chi connectivity index (χ0v) is 25.4. The zero-order chi connectivity index (χ0) is 30.7. The lowest BCUT2D eigenvalue weighted by Crippen LogP contribution is -2.52. The van der Waals surface area contributed by atoms with Crippen LogP contribution in [0.4, 0.5) is 17.1 Å². The van der Waals surface area contributed by atoms with Gasteiger partial charge in [0, 0.05) is 54.8 Å². The van der Waals surface area contributed by atoms with Crippen molar-refractivity contribution in [2.75, 3.05) is 5.32 Å². The highest BCUT2D eigenvalue weighted by atomic mass is 79.9. The zero-order valence-electron chi connectivity index (χ0n) is 22.2. The topological polar surface area (TPSA) is 166 Å². The molecule has 0 unspecified atom stereocenters. The predicted octanol–water partition coefficient (Wildman–Crippen LogP) is 7.15. The van der Waals surface area contributed by atoms with Gasteiger partial charge in [-0.05, 0) is 30.3 Å². The maximum atomic E-state index is 14.5. The highest BCUT2D eigenvalue weighted by Gasteiger charge is 2.66. The Morgan fingerprint density at radius 1 is 0.864 bits per heavy atom. The SMILES string of the molecule is O=C1ON=C(c2ccccc2)[C@@]12[C@@H](c1ccc(Br)cc1[N+](=O)[O-])c1c(ccc3cn[nH]c13)N[C@H]2c1ccc(Br)cc1[N+](=O)[O-]. The maximum Gasteiger partial charge on any atom is 0.350 e. The lowest BCUT2D eigenvalue weighted by atomic mass is 9.57. The second-order valence-corrected chi connectivity index (χ2v) is 12.2. The van der Waals surface area contributed by atoms with E-state index in [1.54, 1.807) is 66.9 Å². The van der Waals surface area contributed by atoms with E-state index in [-0.39, 0.29) is 28.2 Å². The number of nitro groups is 2. The van der Waals surface area contributed by atoms with Crippen molar-refractivity contribution in [3.05, 3.63) is 136 Å².